The SMILES string of the molecule is O=C(NC1CCN(c2nccc3cc(Cl)ccc23)CC1)c1ccc(F)cc1. The number of piperidine rings is 1. The van der Waals surface area contributed by atoms with Crippen molar-refractivity contribution in [3.05, 3.63) is 71.1 Å². The number of fused-ring (bicyclic) bond motifs is 1. The fourth-order valence-corrected chi connectivity index (χ4v) is 3.67. The van der Waals surface area contributed by atoms with Gasteiger partial charge in [-0.15, -0.1) is 0 Å². The van der Waals surface area contributed by atoms with Crippen molar-refractivity contribution in [2.45, 2.75) is 18.9 Å². The molecule has 1 amide bonds. The summed E-state index contributed by atoms with van der Waals surface area (Å²) in [5.41, 5.74) is 0.478. The van der Waals surface area contributed by atoms with Crippen LogP contribution in [0.15, 0.2) is 54.7 Å². The standard InChI is InChI=1S/C21H19ClFN3O/c22-16-3-6-19-15(13-16)7-10-24-20(19)26-11-8-18(9-12-26)25-21(27)14-1-4-17(23)5-2-14/h1-7,10,13,18H,8-9,11-12H2,(H,25,27). The van der Waals surface area contributed by atoms with Gasteiger partial charge in [-0.05, 0) is 66.8 Å². The number of benzene rings is 2. The first kappa shape index (κ1) is 17.7. The summed E-state index contributed by atoms with van der Waals surface area (Å²) >= 11 is 6.09. The molecule has 138 valence electrons. The highest BCUT2D eigenvalue weighted by atomic mass is 35.5. The third-order valence-electron chi connectivity index (χ3n) is 4.94. The van der Waals surface area contributed by atoms with Gasteiger partial charge in [-0.3, -0.25) is 4.79 Å². The van der Waals surface area contributed by atoms with Crippen LogP contribution in [0, 0.1) is 5.82 Å². The lowest BCUT2D eigenvalue weighted by Gasteiger charge is -2.33. The Balaban J connectivity index is 1.42. The molecular weight excluding hydrogens is 365 g/mol. The van der Waals surface area contributed by atoms with E-state index in [0.29, 0.717) is 10.6 Å². The number of nitrogens with zero attached hydrogens (tertiary/aromatic N) is 2. The molecule has 1 aliphatic rings. The van der Waals surface area contributed by atoms with Crippen molar-refractivity contribution in [2.75, 3.05) is 18.0 Å². The van der Waals surface area contributed by atoms with Crippen LogP contribution >= 0.6 is 11.6 Å². The lowest BCUT2D eigenvalue weighted by atomic mass is 10.0. The Morgan fingerprint density at radius 2 is 1.85 bits per heavy atom. The van der Waals surface area contributed by atoms with Gasteiger partial charge in [0.2, 0.25) is 0 Å². The van der Waals surface area contributed by atoms with Crippen LogP contribution in [0.2, 0.25) is 5.02 Å². The number of hydrogen-bond acceptors (Lipinski definition) is 3. The van der Waals surface area contributed by atoms with E-state index in [1.54, 1.807) is 6.20 Å². The third kappa shape index (κ3) is 3.88. The lowest BCUT2D eigenvalue weighted by Crippen LogP contribution is -2.45. The molecule has 0 aliphatic carbocycles. The minimum absolute atomic E-state index is 0.100. The molecule has 0 atom stereocenters. The summed E-state index contributed by atoms with van der Waals surface area (Å²) < 4.78 is 13.0. The van der Waals surface area contributed by atoms with Crippen LogP contribution in [0.5, 0.6) is 0 Å². The summed E-state index contributed by atoms with van der Waals surface area (Å²) in [6.07, 6.45) is 3.47. The molecule has 3 aromatic rings. The van der Waals surface area contributed by atoms with Crippen LogP contribution in [0.4, 0.5) is 10.2 Å². The summed E-state index contributed by atoms with van der Waals surface area (Å²) in [5.74, 6) is 0.447. The van der Waals surface area contributed by atoms with Crippen molar-refractivity contribution in [2.24, 2.45) is 0 Å². The molecule has 27 heavy (non-hydrogen) atoms. The average molecular weight is 384 g/mol. The average Bonchev–Trinajstić information content (AvgIpc) is 2.68. The third-order valence-corrected chi connectivity index (χ3v) is 5.18. The summed E-state index contributed by atoms with van der Waals surface area (Å²) in [7, 11) is 0. The van der Waals surface area contributed by atoms with E-state index in [1.165, 1.54) is 24.3 Å². The van der Waals surface area contributed by atoms with Crippen LogP contribution in [0.25, 0.3) is 10.8 Å². The normalized spacial score (nSPS) is 15.1. The van der Waals surface area contributed by atoms with Gasteiger partial charge in [-0.25, -0.2) is 9.37 Å². The first-order chi connectivity index (χ1) is 13.1. The zero-order valence-corrected chi connectivity index (χ0v) is 15.4. The number of carbonyl (C=O) groups is 1. The molecular formula is C21H19ClFN3O. The molecule has 4 rings (SSSR count). The fraction of sp³-hybridized carbons (Fsp3) is 0.238. The van der Waals surface area contributed by atoms with E-state index in [-0.39, 0.29) is 17.8 Å². The maximum absolute atomic E-state index is 13.0. The second-order valence-corrected chi connectivity index (χ2v) is 7.18. The van der Waals surface area contributed by atoms with Crippen LogP contribution in [0.3, 0.4) is 0 Å². The minimum Gasteiger partial charge on any atom is -0.356 e. The van der Waals surface area contributed by atoms with E-state index in [9.17, 15) is 9.18 Å². The predicted molar refractivity (Wildman–Crippen MR) is 106 cm³/mol. The Bertz CT molecular complexity index is 969. The van der Waals surface area contributed by atoms with Crippen molar-refractivity contribution in [1.82, 2.24) is 10.3 Å². The predicted octanol–water partition coefficient (Wildman–Crippen LogP) is 4.43. The van der Waals surface area contributed by atoms with Crippen LogP contribution in [0.1, 0.15) is 23.2 Å². The zero-order chi connectivity index (χ0) is 18.8. The second kappa shape index (κ2) is 7.53. The molecule has 0 bridgehead atoms. The molecule has 2 heterocycles. The van der Waals surface area contributed by atoms with Gasteiger partial charge in [-0.1, -0.05) is 11.6 Å². The van der Waals surface area contributed by atoms with E-state index in [1.807, 2.05) is 24.3 Å². The van der Waals surface area contributed by atoms with Gasteiger partial charge >= 0.3 is 0 Å². The highest BCUT2D eigenvalue weighted by Gasteiger charge is 2.23. The Hall–Kier alpha value is -2.66. The Morgan fingerprint density at radius 3 is 2.59 bits per heavy atom. The van der Waals surface area contributed by atoms with Crippen molar-refractivity contribution in [3.8, 4) is 0 Å². The van der Waals surface area contributed by atoms with Crippen molar-refractivity contribution < 1.29 is 9.18 Å². The van der Waals surface area contributed by atoms with Crippen molar-refractivity contribution >= 4 is 34.1 Å². The van der Waals surface area contributed by atoms with E-state index < -0.39 is 0 Å². The van der Waals surface area contributed by atoms with Gasteiger partial charge in [0.15, 0.2) is 0 Å². The highest BCUT2D eigenvalue weighted by molar-refractivity contribution is 6.31. The number of rotatable bonds is 3. The summed E-state index contributed by atoms with van der Waals surface area (Å²) in [4.78, 5) is 19.1. The number of pyridine rings is 1. The summed E-state index contributed by atoms with van der Waals surface area (Å²) in [6, 6.07) is 13.5. The molecule has 2 aromatic carbocycles. The molecule has 0 radical (unpaired) electrons. The molecule has 1 aromatic heterocycles. The number of halogens is 2. The monoisotopic (exact) mass is 383 g/mol. The summed E-state index contributed by atoms with van der Waals surface area (Å²) in [5, 5.41) is 5.90. The van der Waals surface area contributed by atoms with Gasteiger partial charge < -0.3 is 10.2 Å². The molecule has 1 fully saturated rings. The Labute approximate surface area is 162 Å². The highest BCUT2D eigenvalue weighted by Crippen LogP contribution is 2.28. The van der Waals surface area contributed by atoms with Gasteiger partial charge in [0.25, 0.3) is 5.91 Å². The van der Waals surface area contributed by atoms with Gasteiger partial charge in [-0.2, -0.15) is 0 Å². The van der Waals surface area contributed by atoms with Crippen LogP contribution in [-0.2, 0) is 0 Å². The Kier molecular flexibility index (Phi) is 4.94. The fourth-order valence-electron chi connectivity index (χ4n) is 3.49. The molecule has 1 aliphatic heterocycles. The first-order valence-corrected chi connectivity index (χ1v) is 9.33. The minimum atomic E-state index is -0.344. The van der Waals surface area contributed by atoms with E-state index in [0.717, 1.165) is 42.5 Å². The second-order valence-electron chi connectivity index (χ2n) is 6.74. The Morgan fingerprint density at radius 1 is 1.11 bits per heavy atom. The molecule has 0 saturated carbocycles. The zero-order valence-electron chi connectivity index (χ0n) is 14.7. The number of aromatic nitrogens is 1. The maximum atomic E-state index is 13.0. The smallest absolute Gasteiger partial charge is 0.251 e. The van der Waals surface area contributed by atoms with Crippen molar-refractivity contribution in [3.63, 3.8) is 0 Å². The number of anilines is 1. The maximum Gasteiger partial charge on any atom is 0.251 e. The topological polar surface area (TPSA) is 45.2 Å². The van der Waals surface area contributed by atoms with E-state index in [2.05, 4.69) is 15.2 Å². The van der Waals surface area contributed by atoms with Gasteiger partial charge in [0, 0.05) is 41.3 Å². The van der Waals surface area contributed by atoms with Gasteiger partial charge in [0.1, 0.15) is 11.6 Å². The number of carbonyl (C=O) groups excluding carboxylic acids is 1. The lowest BCUT2D eigenvalue weighted by molar-refractivity contribution is 0.0931. The number of amides is 1. The number of nitrogens with one attached hydrogen (secondary N) is 1. The molecule has 1 N–H and O–H groups in total. The number of hydrogen-bond donors (Lipinski definition) is 1. The van der Waals surface area contributed by atoms with E-state index in [4.69, 9.17) is 11.6 Å². The molecule has 6 heteroatoms. The van der Waals surface area contributed by atoms with E-state index >= 15 is 0 Å². The molecule has 0 spiro atoms. The summed E-state index contributed by atoms with van der Waals surface area (Å²) in [6.45, 7) is 1.62. The quantitative estimate of drug-likeness (QED) is 0.727. The molecule has 4 nitrogen and oxygen atoms in total. The van der Waals surface area contributed by atoms with Crippen LogP contribution in [-0.4, -0.2) is 30.0 Å². The van der Waals surface area contributed by atoms with Gasteiger partial charge in [0.05, 0.1) is 0 Å². The first-order valence-electron chi connectivity index (χ1n) is 8.96. The van der Waals surface area contributed by atoms with Crippen molar-refractivity contribution in [1.29, 1.82) is 0 Å². The van der Waals surface area contributed by atoms with Crippen LogP contribution < -0.4 is 10.2 Å². The molecule has 0 unspecified atom stereocenters. The molecule has 1 saturated heterocycles. The largest absolute Gasteiger partial charge is 0.356 e.